The lowest BCUT2D eigenvalue weighted by Gasteiger charge is -2.26. The Morgan fingerprint density at radius 1 is 1.28 bits per heavy atom. The van der Waals surface area contributed by atoms with E-state index in [1.54, 1.807) is 0 Å². The Labute approximate surface area is 107 Å². The van der Waals surface area contributed by atoms with E-state index in [2.05, 4.69) is 16.3 Å². The highest BCUT2D eigenvalue weighted by Crippen LogP contribution is 2.26. The summed E-state index contributed by atoms with van der Waals surface area (Å²) in [6.45, 7) is 2.00. The molecular formula is C14H19N3O. The summed E-state index contributed by atoms with van der Waals surface area (Å²) in [6.07, 6.45) is 4.57. The second-order valence-corrected chi connectivity index (χ2v) is 5.17. The van der Waals surface area contributed by atoms with E-state index >= 15 is 0 Å². The first kappa shape index (κ1) is 11.5. The van der Waals surface area contributed by atoms with Gasteiger partial charge in [-0.3, -0.25) is 5.10 Å². The van der Waals surface area contributed by atoms with Gasteiger partial charge in [0.25, 0.3) is 0 Å². The zero-order valence-electron chi connectivity index (χ0n) is 10.6. The van der Waals surface area contributed by atoms with Crippen molar-refractivity contribution >= 4 is 10.9 Å². The normalized spacial score (nSPS) is 24.3. The monoisotopic (exact) mass is 245 g/mol. The van der Waals surface area contributed by atoms with E-state index in [0.717, 1.165) is 48.0 Å². The van der Waals surface area contributed by atoms with Gasteiger partial charge in [-0.25, -0.2) is 0 Å². The number of benzene rings is 1. The van der Waals surface area contributed by atoms with Crippen LogP contribution in [-0.2, 0) is 0 Å². The number of hydrogen-bond acceptors (Lipinski definition) is 3. The number of hydrogen-bond donors (Lipinski definition) is 2. The van der Waals surface area contributed by atoms with Gasteiger partial charge in [-0.2, -0.15) is 5.10 Å². The van der Waals surface area contributed by atoms with Gasteiger partial charge in [0, 0.05) is 11.4 Å². The van der Waals surface area contributed by atoms with Gasteiger partial charge in [0.05, 0.1) is 17.3 Å². The van der Waals surface area contributed by atoms with Crippen LogP contribution in [0.3, 0.4) is 0 Å². The molecule has 18 heavy (non-hydrogen) atoms. The molecule has 1 aromatic heterocycles. The molecule has 1 aliphatic carbocycles. The zero-order valence-corrected chi connectivity index (χ0v) is 10.6. The first-order chi connectivity index (χ1) is 8.72. The molecule has 0 unspecified atom stereocenters. The molecule has 96 valence electrons. The van der Waals surface area contributed by atoms with Crippen LogP contribution in [-0.4, -0.2) is 22.3 Å². The first-order valence-corrected chi connectivity index (χ1v) is 6.59. The van der Waals surface area contributed by atoms with Gasteiger partial charge < -0.3 is 10.5 Å². The number of nitrogens with zero attached hydrogens (tertiary/aromatic N) is 1. The third-order valence-electron chi connectivity index (χ3n) is 3.75. The van der Waals surface area contributed by atoms with Crippen LogP contribution in [0, 0.1) is 6.92 Å². The number of aromatic nitrogens is 2. The van der Waals surface area contributed by atoms with E-state index in [9.17, 15) is 0 Å². The molecule has 3 N–H and O–H groups in total. The lowest BCUT2D eigenvalue weighted by Crippen LogP contribution is -2.31. The molecule has 4 nitrogen and oxygen atoms in total. The van der Waals surface area contributed by atoms with E-state index in [1.807, 2.05) is 19.1 Å². The van der Waals surface area contributed by atoms with Crippen LogP contribution in [0.25, 0.3) is 10.9 Å². The Bertz CT molecular complexity index is 541. The highest BCUT2D eigenvalue weighted by molar-refractivity contribution is 5.82. The minimum absolute atomic E-state index is 0.314. The highest BCUT2D eigenvalue weighted by atomic mass is 16.5. The summed E-state index contributed by atoms with van der Waals surface area (Å²) in [5, 5.41) is 8.34. The number of nitrogens with one attached hydrogen (secondary N) is 1. The number of nitrogens with two attached hydrogens (primary N) is 1. The number of ether oxygens (including phenoxy) is 1. The summed E-state index contributed by atoms with van der Waals surface area (Å²) in [5.74, 6) is 0.937. The molecule has 3 rings (SSSR count). The average Bonchev–Trinajstić information content (AvgIpc) is 2.74. The Hall–Kier alpha value is -1.55. The average molecular weight is 245 g/mol. The van der Waals surface area contributed by atoms with Gasteiger partial charge in [-0.1, -0.05) is 0 Å². The van der Waals surface area contributed by atoms with Crippen LogP contribution in [0.15, 0.2) is 18.2 Å². The second kappa shape index (κ2) is 4.61. The third kappa shape index (κ3) is 2.20. The summed E-state index contributed by atoms with van der Waals surface area (Å²) in [4.78, 5) is 0. The van der Waals surface area contributed by atoms with Crippen molar-refractivity contribution in [3.63, 3.8) is 0 Å². The molecule has 0 spiro atoms. The molecule has 4 heteroatoms. The van der Waals surface area contributed by atoms with Gasteiger partial charge in [0.15, 0.2) is 0 Å². The first-order valence-electron chi connectivity index (χ1n) is 6.59. The number of aryl methyl sites for hydroxylation is 1. The maximum atomic E-state index is 6.04. The van der Waals surface area contributed by atoms with Crippen LogP contribution >= 0.6 is 0 Å². The van der Waals surface area contributed by atoms with Crippen LogP contribution in [0.4, 0.5) is 0 Å². The van der Waals surface area contributed by atoms with Crippen molar-refractivity contribution in [2.45, 2.75) is 44.8 Å². The van der Waals surface area contributed by atoms with Crippen LogP contribution in [0.2, 0.25) is 0 Å². The topological polar surface area (TPSA) is 63.9 Å². The lowest BCUT2D eigenvalue weighted by atomic mass is 9.94. The maximum absolute atomic E-state index is 6.04. The second-order valence-electron chi connectivity index (χ2n) is 5.17. The van der Waals surface area contributed by atoms with Gasteiger partial charge in [0.2, 0.25) is 0 Å². The van der Waals surface area contributed by atoms with Crippen LogP contribution in [0.1, 0.15) is 31.4 Å². The molecule has 1 fully saturated rings. The standard InChI is InChI=1S/C14H19N3O/c1-9-13-8-12(6-7-14(13)17-16-9)18-11-4-2-10(15)3-5-11/h6-8,10-11H,2-5,15H2,1H3,(H,16,17)/t10-,11+. The summed E-state index contributed by atoms with van der Waals surface area (Å²) < 4.78 is 6.04. The van der Waals surface area contributed by atoms with Crippen LogP contribution in [0.5, 0.6) is 5.75 Å². The predicted molar refractivity (Wildman–Crippen MR) is 71.7 cm³/mol. The molecule has 1 aliphatic rings. The van der Waals surface area contributed by atoms with Crippen molar-refractivity contribution in [1.29, 1.82) is 0 Å². The van der Waals surface area contributed by atoms with Crippen molar-refractivity contribution in [3.8, 4) is 5.75 Å². The minimum atomic E-state index is 0.314. The quantitative estimate of drug-likeness (QED) is 0.854. The molecule has 1 heterocycles. The molecule has 1 aromatic carbocycles. The van der Waals surface area contributed by atoms with E-state index in [-0.39, 0.29) is 0 Å². The molecule has 0 radical (unpaired) electrons. The van der Waals surface area contributed by atoms with Crippen molar-refractivity contribution in [2.75, 3.05) is 0 Å². The summed E-state index contributed by atoms with van der Waals surface area (Å²) in [5.41, 5.74) is 7.98. The SMILES string of the molecule is Cc1n[nH]c2ccc(O[C@H]3CC[C@@H](N)CC3)cc12. The Morgan fingerprint density at radius 3 is 2.83 bits per heavy atom. The fourth-order valence-corrected chi connectivity index (χ4v) is 2.60. The molecule has 0 amide bonds. The predicted octanol–water partition coefficient (Wildman–Crippen LogP) is 2.52. The van der Waals surface area contributed by atoms with Crippen LogP contribution < -0.4 is 10.5 Å². The fourth-order valence-electron chi connectivity index (χ4n) is 2.60. The number of fused-ring (bicyclic) bond motifs is 1. The molecular weight excluding hydrogens is 226 g/mol. The molecule has 1 saturated carbocycles. The molecule has 0 atom stereocenters. The smallest absolute Gasteiger partial charge is 0.120 e. The van der Waals surface area contributed by atoms with Gasteiger partial charge in [-0.15, -0.1) is 0 Å². The van der Waals surface area contributed by atoms with E-state index < -0.39 is 0 Å². The van der Waals surface area contributed by atoms with E-state index in [1.165, 1.54) is 0 Å². The number of H-pyrrole nitrogens is 1. The van der Waals surface area contributed by atoms with Crippen molar-refractivity contribution in [2.24, 2.45) is 5.73 Å². The zero-order chi connectivity index (χ0) is 12.5. The summed E-state index contributed by atoms with van der Waals surface area (Å²) in [7, 11) is 0. The Balaban J connectivity index is 1.76. The highest BCUT2D eigenvalue weighted by Gasteiger charge is 2.19. The molecule has 0 bridgehead atoms. The lowest BCUT2D eigenvalue weighted by molar-refractivity contribution is 0.147. The molecule has 0 saturated heterocycles. The summed E-state index contributed by atoms with van der Waals surface area (Å²) in [6, 6.07) is 6.47. The minimum Gasteiger partial charge on any atom is -0.490 e. The Kier molecular flexibility index (Phi) is 2.96. The van der Waals surface area contributed by atoms with Gasteiger partial charge in [0.1, 0.15) is 5.75 Å². The van der Waals surface area contributed by atoms with Gasteiger partial charge >= 0.3 is 0 Å². The van der Waals surface area contributed by atoms with E-state index in [0.29, 0.717) is 12.1 Å². The van der Waals surface area contributed by atoms with Crippen molar-refractivity contribution < 1.29 is 4.74 Å². The maximum Gasteiger partial charge on any atom is 0.120 e. The summed E-state index contributed by atoms with van der Waals surface area (Å²) >= 11 is 0. The van der Waals surface area contributed by atoms with E-state index in [4.69, 9.17) is 10.5 Å². The number of rotatable bonds is 2. The molecule has 2 aromatic rings. The van der Waals surface area contributed by atoms with Gasteiger partial charge in [-0.05, 0) is 50.8 Å². The fraction of sp³-hybridized carbons (Fsp3) is 0.500. The van der Waals surface area contributed by atoms with Crippen molar-refractivity contribution in [1.82, 2.24) is 10.2 Å². The molecule has 0 aliphatic heterocycles. The Morgan fingerprint density at radius 2 is 2.06 bits per heavy atom. The largest absolute Gasteiger partial charge is 0.490 e. The number of aromatic amines is 1. The van der Waals surface area contributed by atoms with Crippen molar-refractivity contribution in [3.05, 3.63) is 23.9 Å². The third-order valence-corrected chi connectivity index (χ3v) is 3.75.